The standard InChI is InChI=1S/C15H22N4O2.ClH/c1-10-7-11(2)14(12(3)8-10)20-6-5-17-15-19-18-13(21-15)9-16-4;/h7-8,16H,5-6,9H2,1-4H3,(H,17,19);1H. The van der Waals surface area contributed by atoms with Crippen LogP contribution in [-0.4, -0.2) is 30.4 Å². The van der Waals surface area contributed by atoms with Crippen molar-refractivity contribution in [2.75, 3.05) is 25.5 Å². The van der Waals surface area contributed by atoms with E-state index in [4.69, 9.17) is 9.15 Å². The molecule has 1 aromatic carbocycles. The van der Waals surface area contributed by atoms with Gasteiger partial charge >= 0.3 is 6.01 Å². The summed E-state index contributed by atoms with van der Waals surface area (Å²) in [5.41, 5.74) is 3.56. The maximum Gasteiger partial charge on any atom is 0.315 e. The molecule has 0 aliphatic carbocycles. The molecule has 0 saturated heterocycles. The summed E-state index contributed by atoms with van der Waals surface area (Å²) in [7, 11) is 1.83. The van der Waals surface area contributed by atoms with E-state index < -0.39 is 0 Å². The number of aryl methyl sites for hydroxylation is 3. The van der Waals surface area contributed by atoms with E-state index in [-0.39, 0.29) is 12.4 Å². The summed E-state index contributed by atoms with van der Waals surface area (Å²) in [5, 5.41) is 13.8. The van der Waals surface area contributed by atoms with E-state index in [2.05, 4.69) is 53.7 Å². The van der Waals surface area contributed by atoms with Gasteiger partial charge in [-0.25, -0.2) is 0 Å². The van der Waals surface area contributed by atoms with E-state index in [0.29, 0.717) is 31.6 Å². The molecule has 0 atom stereocenters. The van der Waals surface area contributed by atoms with E-state index in [9.17, 15) is 0 Å². The number of halogens is 1. The fraction of sp³-hybridized carbons (Fsp3) is 0.467. The number of rotatable bonds is 7. The Balaban J connectivity index is 0.00000242. The second-order valence-electron chi connectivity index (χ2n) is 5.03. The third-order valence-electron chi connectivity index (χ3n) is 3.02. The van der Waals surface area contributed by atoms with Gasteiger partial charge in [0.05, 0.1) is 13.1 Å². The van der Waals surface area contributed by atoms with E-state index in [1.807, 2.05) is 7.05 Å². The Hall–Kier alpha value is -1.79. The predicted octanol–water partition coefficient (Wildman–Crippen LogP) is 2.63. The molecule has 6 nitrogen and oxygen atoms in total. The highest BCUT2D eigenvalue weighted by Crippen LogP contribution is 2.24. The Morgan fingerprint density at radius 3 is 2.45 bits per heavy atom. The minimum Gasteiger partial charge on any atom is -0.491 e. The highest BCUT2D eigenvalue weighted by Gasteiger charge is 2.06. The molecular formula is C15H23ClN4O2. The molecule has 0 spiro atoms. The maximum absolute atomic E-state index is 5.83. The van der Waals surface area contributed by atoms with Crippen LogP contribution in [0.2, 0.25) is 0 Å². The summed E-state index contributed by atoms with van der Waals surface area (Å²) >= 11 is 0. The molecule has 2 aromatic rings. The van der Waals surface area contributed by atoms with Crippen molar-refractivity contribution in [3.8, 4) is 5.75 Å². The quantitative estimate of drug-likeness (QED) is 0.762. The molecule has 0 fully saturated rings. The molecule has 2 N–H and O–H groups in total. The second kappa shape index (κ2) is 8.60. The van der Waals surface area contributed by atoms with Crippen LogP contribution in [0.1, 0.15) is 22.6 Å². The second-order valence-corrected chi connectivity index (χ2v) is 5.03. The van der Waals surface area contributed by atoms with Crippen LogP contribution in [0.3, 0.4) is 0 Å². The zero-order chi connectivity index (χ0) is 15.2. The highest BCUT2D eigenvalue weighted by molar-refractivity contribution is 5.85. The molecule has 2 rings (SSSR count). The van der Waals surface area contributed by atoms with Crippen LogP contribution in [-0.2, 0) is 6.54 Å². The zero-order valence-corrected chi connectivity index (χ0v) is 14.2. The Morgan fingerprint density at radius 2 is 1.82 bits per heavy atom. The van der Waals surface area contributed by atoms with Gasteiger partial charge in [0, 0.05) is 0 Å². The van der Waals surface area contributed by atoms with Crippen molar-refractivity contribution in [3.63, 3.8) is 0 Å². The van der Waals surface area contributed by atoms with E-state index >= 15 is 0 Å². The van der Waals surface area contributed by atoms with E-state index in [0.717, 1.165) is 16.9 Å². The van der Waals surface area contributed by atoms with Gasteiger partial charge in [-0.1, -0.05) is 22.8 Å². The zero-order valence-electron chi connectivity index (χ0n) is 13.4. The molecular weight excluding hydrogens is 304 g/mol. The lowest BCUT2D eigenvalue weighted by molar-refractivity contribution is 0.326. The molecule has 0 unspecified atom stereocenters. The molecule has 1 heterocycles. The largest absolute Gasteiger partial charge is 0.491 e. The number of nitrogens with zero attached hydrogens (tertiary/aromatic N) is 2. The Labute approximate surface area is 137 Å². The van der Waals surface area contributed by atoms with Crippen molar-refractivity contribution in [1.82, 2.24) is 15.5 Å². The van der Waals surface area contributed by atoms with Crippen molar-refractivity contribution in [2.45, 2.75) is 27.3 Å². The first-order valence-corrected chi connectivity index (χ1v) is 7.01. The Kier molecular flexibility index (Phi) is 7.14. The van der Waals surface area contributed by atoms with Crippen molar-refractivity contribution < 1.29 is 9.15 Å². The normalized spacial score (nSPS) is 10.2. The fourth-order valence-electron chi connectivity index (χ4n) is 2.25. The summed E-state index contributed by atoms with van der Waals surface area (Å²) in [6.07, 6.45) is 0. The van der Waals surface area contributed by atoms with Crippen LogP contribution in [0.25, 0.3) is 0 Å². The monoisotopic (exact) mass is 326 g/mol. The topological polar surface area (TPSA) is 72.2 Å². The number of hydrogen-bond acceptors (Lipinski definition) is 6. The first kappa shape index (κ1) is 18.3. The lowest BCUT2D eigenvalue weighted by Gasteiger charge is -2.13. The average molecular weight is 327 g/mol. The van der Waals surface area contributed by atoms with Gasteiger partial charge in [-0.05, 0) is 38.9 Å². The first-order valence-electron chi connectivity index (χ1n) is 7.01. The first-order chi connectivity index (χ1) is 10.1. The molecule has 0 bridgehead atoms. The van der Waals surface area contributed by atoms with E-state index in [1.165, 1.54) is 5.56 Å². The van der Waals surface area contributed by atoms with Crippen molar-refractivity contribution >= 4 is 18.4 Å². The smallest absolute Gasteiger partial charge is 0.315 e. The third kappa shape index (κ3) is 4.89. The Bertz CT molecular complexity index is 578. The van der Waals surface area contributed by atoms with Crippen molar-refractivity contribution in [3.05, 3.63) is 34.7 Å². The summed E-state index contributed by atoms with van der Waals surface area (Å²) < 4.78 is 11.2. The molecule has 7 heteroatoms. The molecule has 22 heavy (non-hydrogen) atoms. The van der Waals surface area contributed by atoms with Crippen LogP contribution < -0.4 is 15.4 Å². The summed E-state index contributed by atoms with van der Waals surface area (Å²) in [4.78, 5) is 0. The number of ether oxygens (including phenoxy) is 1. The van der Waals surface area contributed by atoms with Gasteiger partial charge in [-0.3, -0.25) is 0 Å². The molecule has 0 aliphatic heterocycles. The number of nitrogens with one attached hydrogen (secondary N) is 2. The summed E-state index contributed by atoms with van der Waals surface area (Å²) in [6, 6.07) is 4.66. The lowest BCUT2D eigenvalue weighted by atomic mass is 10.1. The van der Waals surface area contributed by atoms with Crippen molar-refractivity contribution in [2.24, 2.45) is 0 Å². The Morgan fingerprint density at radius 1 is 1.14 bits per heavy atom. The molecule has 0 radical (unpaired) electrons. The third-order valence-corrected chi connectivity index (χ3v) is 3.02. The van der Waals surface area contributed by atoms with Gasteiger partial charge in [0.2, 0.25) is 5.89 Å². The van der Waals surface area contributed by atoms with Gasteiger partial charge in [-0.15, -0.1) is 17.5 Å². The van der Waals surface area contributed by atoms with Crippen LogP contribution >= 0.6 is 12.4 Å². The van der Waals surface area contributed by atoms with Gasteiger partial charge < -0.3 is 19.8 Å². The highest BCUT2D eigenvalue weighted by atomic mass is 35.5. The number of anilines is 1. The SMILES string of the molecule is CNCc1nnc(NCCOc2c(C)cc(C)cc2C)o1.Cl. The van der Waals surface area contributed by atoms with Crippen LogP contribution in [0.4, 0.5) is 6.01 Å². The van der Waals surface area contributed by atoms with E-state index in [1.54, 1.807) is 0 Å². The van der Waals surface area contributed by atoms with Crippen LogP contribution in [0, 0.1) is 20.8 Å². The van der Waals surface area contributed by atoms with Gasteiger partial charge in [0.1, 0.15) is 12.4 Å². The summed E-state index contributed by atoms with van der Waals surface area (Å²) in [5.74, 6) is 1.51. The van der Waals surface area contributed by atoms with Crippen molar-refractivity contribution in [1.29, 1.82) is 0 Å². The molecule has 0 aliphatic rings. The summed E-state index contributed by atoms with van der Waals surface area (Å²) in [6.45, 7) is 7.91. The predicted molar refractivity (Wildman–Crippen MR) is 88.9 cm³/mol. The fourth-order valence-corrected chi connectivity index (χ4v) is 2.25. The van der Waals surface area contributed by atoms with Crippen LogP contribution in [0.5, 0.6) is 5.75 Å². The average Bonchev–Trinajstić information content (AvgIpc) is 2.85. The lowest BCUT2D eigenvalue weighted by Crippen LogP contribution is -2.12. The number of benzene rings is 1. The molecule has 1 aromatic heterocycles. The molecule has 122 valence electrons. The van der Waals surface area contributed by atoms with Gasteiger partial charge in [-0.2, -0.15) is 0 Å². The van der Waals surface area contributed by atoms with Gasteiger partial charge in [0.25, 0.3) is 0 Å². The maximum atomic E-state index is 5.83. The molecule has 0 amide bonds. The van der Waals surface area contributed by atoms with Crippen LogP contribution in [0.15, 0.2) is 16.5 Å². The minimum absolute atomic E-state index is 0. The minimum atomic E-state index is 0. The number of hydrogen-bond donors (Lipinski definition) is 2. The molecule has 0 saturated carbocycles. The number of aromatic nitrogens is 2. The van der Waals surface area contributed by atoms with Gasteiger partial charge in [0.15, 0.2) is 0 Å².